The van der Waals surface area contributed by atoms with Crippen LogP contribution in [0.4, 0.5) is 0 Å². The molecule has 0 fully saturated rings. The summed E-state index contributed by atoms with van der Waals surface area (Å²) >= 11 is 0. The van der Waals surface area contributed by atoms with Crippen molar-refractivity contribution in [3.8, 4) is 11.5 Å². The molecule has 0 atom stereocenters. The Morgan fingerprint density at radius 3 is 2.62 bits per heavy atom. The zero-order valence-corrected chi connectivity index (χ0v) is 14.2. The summed E-state index contributed by atoms with van der Waals surface area (Å²) in [7, 11) is 0. The molecule has 2 aromatic carbocycles. The summed E-state index contributed by atoms with van der Waals surface area (Å²) in [5, 5.41) is 9.15. The van der Waals surface area contributed by atoms with Crippen molar-refractivity contribution in [3.63, 3.8) is 0 Å². The Morgan fingerprint density at radius 1 is 1.00 bits per heavy atom. The molecule has 1 N–H and O–H groups in total. The smallest absolute Gasteiger partial charge is 0.335 e. The van der Waals surface area contributed by atoms with Crippen LogP contribution in [0.15, 0.2) is 36.4 Å². The van der Waals surface area contributed by atoms with Crippen LogP contribution >= 0.6 is 0 Å². The van der Waals surface area contributed by atoms with Crippen molar-refractivity contribution in [2.45, 2.75) is 19.4 Å². The van der Waals surface area contributed by atoms with Gasteiger partial charge in [0.2, 0.25) is 5.91 Å². The maximum Gasteiger partial charge on any atom is 0.335 e. The van der Waals surface area contributed by atoms with Gasteiger partial charge in [-0.1, -0.05) is 12.1 Å². The molecule has 0 bridgehead atoms. The topological polar surface area (TPSA) is 76.1 Å². The highest BCUT2D eigenvalue weighted by Crippen LogP contribution is 2.31. The Kier molecular flexibility index (Phi) is 4.24. The molecule has 0 aromatic heterocycles. The molecular weight excluding hydrogens is 334 g/mol. The maximum absolute atomic E-state index is 12.7. The lowest BCUT2D eigenvalue weighted by Crippen LogP contribution is -2.37. The van der Waals surface area contributed by atoms with Crippen molar-refractivity contribution in [3.05, 3.63) is 58.7 Å². The summed E-state index contributed by atoms with van der Waals surface area (Å²) < 4.78 is 11.1. The molecule has 2 heterocycles. The van der Waals surface area contributed by atoms with Gasteiger partial charge in [-0.3, -0.25) is 4.79 Å². The molecule has 4 rings (SSSR count). The normalized spacial score (nSPS) is 15.3. The number of carboxylic acids is 1. The fraction of sp³-hybridized carbons (Fsp3) is 0.300. The predicted molar refractivity (Wildman–Crippen MR) is 93.7 cm³/mol. The molecule has 0 saturated heterocycles. The van der Waals surface area contributed by atoms with Gasteiger partial charge < -0.3 is 19.5 Å². The fourth-order valence-electron chi connectivity index (χ4n) is 3.39. The second kappa shape index (κ2) is 6.71. The largest absolute Gasteiger partial charge is 0.486 e. The molecule has 2 aliphatic rings. The van der Waals surface area contributed by atoms with Crippen LogP contribution in [0.25, 0.3) is 0 Å². The number of nitrogens with zero attached hydrogens (tertiary/aromatic N) is 1. The molecule has 134 valence electrons. The third-order valence-corrected chi connectivity index (χ3v) is 4.78. The Balaban J connectivity index is 1.47. The number of carbonyl (C=O) groups excluding carboxylic acids is 1. The Labute approximate surface area is 151 Å². The summed E-state index contributed by atoms with van der Waals surface area (Å²) in [6.45, 7) is 2.14. The average molecular weight is 353 g/mol. The van der Waals surface area contributed by atoms with E-state index in [2.05, 4.69) is 0 Å². The molecule has 6 heteroatoms. The van der Waals surface area contributed by atoms with Crippen LogP contribution in [-0.4, -0.2) is 41.6 Å². The number of hydrogen-bond acceptors (Lipinski definition) is 4. The van der Waals surface area contributed by atoms with Gasteiger partial charge in [0.05, 0.1) is 12.0 Å². The van der Waals surface area contributed by atoms with E-state index in [1.807, 2.05) is 24.3 Å². The van der Waals surface area contributed by atoms with Gasteiger partial charge >= 0.3 is 5.97 Å². The summed E-state index contributed by atoms with van der Waals surface area (Å²) in [5.74, 6) is 0.456. The van der Waals surface area contributed by atoms with E-state index in [-0.39, 0.29) is 17.9 Å². The second-order valence-electron chi connectivity index (χ2n) is 6.51. The fourth-order valence-corrected chi connectivity index (χ4v) is 3.39. The first-order valence-corrected chi connectivity index (χ1v) is 8.61. The van der Waals surface area contributed by atoms with Gasteiger partial charge in [-0.2, -0.15) is 0 Å². The van der Waals surface area contributed by atoms with Crippen LogP contribution in [0.1, 0.15) is 27.0 Å². The van der Waals surface area contributed by atoms with Crippen LogP contribution in [0.5, 0.6) is 11.5 Å². The first kappa shape index (κ1) is 16.4. The standard InChI is InChI=1S/C20H19NO5/c22-19(10-13-1-4-17-18(9-13)26-8-7-25-17)21-6-5-14-2-3-15(20(23)24)11-16(14)12-21/h1-4,9,11H,5-8,10,12H2,(H,23,24). The van der Waals surface area contributed by atoms with Gasteiger partial charge in [-0.15, -0.1) is 0 Å². The average Bonchev–Trinajstić information content (AvgIpc) is 2.67. The van der Waals surface area contributed by atoms with E-state index in [1.165, 1.54) is 0 Å². The van der Waals surface area contributed by atoms with E-state index in [0.29, 0.717) is 37.8 Å². The Morgan fingerprint density at radius 2 is 1.81 bits per heavy atom. The minimum absolute atomic E-state index is 0.0213. The first-order chi connectivity index (χ1) is 12.6. The third-order valence-electron chi connectivity index (χ3n) is 4.78. The van der Waals surface area contributed by atoms with E-state index in [0.717, 1.165) is 23.1 Å². The zero-order chi connectivity index (χ0) is 18.1. The molecule has 0 unspecified atom stereocenters. The lowest BCUT2D eigenvalue weighted by atomic mass is 9.97. The first-order valence-electron chi connectivity index (χ1n) is 8.61. The molecule has 6 nitrogen and oxygen atoms in total. The lowest BCUT2D eigenvalue weighted by molar-refractivity contribution is -0.131. The van der Waals surface area contributed by atoms with Gasteiger partial charge in [0.15, 0.2) is 11.5 Å². The molecular formula is C20H19NO5. The predicted octanol–water partition coefficient (Wildman–Crippen LogP) is 2.28. The molecule has 2 aromatic rings. The van der Waals surface area contributed by atoms with Crippen LogP contribution in [-0.2, 0) is 24.2 Å². The highest BCUT2D eigenvalue weighted by Gasteiger charge is 2.22. The number of rotatable bonds is 3. The van der Waals surface area contributed by atoms with Gasteiger partial charge in [0, 0.05) is 13.1 Å². The van der Waals surface area contributed by atoms with Crippen molar-refractivity contribution in [1.29, 1.82) is 0 Å². The van der Waals surface area contributed by atoms with Crippen molar-refractivity contribution < 1.29 is 24.2 Å². The van der Waals surface area contributed by atoms with E-state index in [1.54, 1.807) is 17.0 Å². The number of amides is 1. The highest BCUT2D eigenvalue weighted by molar-refractivity contribution is 5.88. The van der Waals surface area contributed by atoms with Gasteiger partial charge in [-0.25, -0.2) is 4.79 Å². The number of aromatic carboxylic acids is 1. The summed E-state index contributed by atoms with van der Waals surface area (Å²) in [6, 6.07) is 10.7. The summed E-state index contributed by atoms with van der Waals surface area (Å²) in [6.07, 6.45) is 1.02. The molecule has 2 aliphatic heterocycles. The molecule has 0 aliphatic carbocycles. The number of fused-ring (bicyclic) bond motifs is 2. The van der Waals surface area contributed by atoms with Crippen molar-refractivity contribution in [1.82, 2.24) is 4.90 Å². The van der Waals surface area contributed by atoms with Gasteiger partial charge in [0.1, 0.15) is 13.2 Å². The number of hydrogen-bond donors (Lipinski definition) is 1. The van der Waals surface area contributed by atoms with Crippen LogP contribution < -0.4 is 9.47 Å². The van der Waals surface area contributed by atoms with Crippen molar-refractivity contribution in [2.75, 3.05) is 19.8 Å². The van der Waals surface area contributed by atoms with Crippen LogP contribution in [0.2, 0.25) is 0 Å². The SMILES string of the molecule is O=C(O)c1ccc2c(c1)CN(C(=O)Cc1ccc3c(c1)OCCO3)CC2. The summed E-state index contributed by atoms with van der Waals surface area (Å²) in [5.41, 5.74) is 3.15. The number of benzene rings is 2. The Hall–Kier alpha value is -3.02. The van der Waals surface area contributed by atoms with Crippen LogP contribution in [0.3, 0.4) is 0 Å². The zero-order valence-electron chi connectivity index (χ0n) is 14.2. The van der Waals surface area contributed by atoms with E-state index >= 15 is 0 Å². The lowest BCUT2D eigenvalue weighted by Gasteiger charge is -2.29. The second-order valence-corrected chi connectivity index (χ2v) is 6.51. The minimum atomic E-state index is -0.951. The minimum Gasteiger partial charge on any atom is -0.486 e. The molecule has 26 heavy (non-hydrogen) atoms. The highest BCUT2D eigenvalue weighted by atomic mass is 16.6. The third kappa shape index (κ3) is 3.22. The van der Waals surface area contributed by atoms with E-state index < -0.39 is 5.97 Å². The number of ether oxygens (including phenoxy) is 2. The Bertz CT molecular complexity index is 877. The van der Waals surface area contributed by atoms with Crippen molar-refractivity contribution >= 4 is 11.9 Å². The van der Waals surface area contributed by atoms with Gasteiger partial charge in [-0.05, 0) is 47.4 Å². The van der Waals surface area contributed by atoms with E-state index in [4.69, 9.17) is 14.6 Å². The number of carboxylic acid groups (broad SMARTS) is 1. The summed E-state index contributed by atoms with van der Waals surface area (Å²) in [4.78, 5) is 25.6. The molecule has 0 saturated carbocycles. The van der Waals surface area contributed by atoms with Crippen LogP contribution in [0, 0.1) is 0 Å². The van der Waals surface area contributed by atoms with E-state index in [9.17, 15) is 9.59 Å². The molecule has 0 radical (unpaired) electrons. The quantitative estimate of drug-likeness (QED) is 0.916. The van der Waals surface area contributed by atoms with Crippen molar-refractivity contribution in [2.24, 2.45) is 0 Å². The van der Waals surface area contributed by atoms with Gasteiger partial charge in [0.25, 0.3) is 0 Å². The monoisotopic (exact) mass is 353 g/mol. The molecule has 0 spiro atoms. The maximum atomic E-state index is 12.7. The number of carbonyl (C=O) groups is 2. The molecule has 1 amide bonds.